The minimum Gasteiger partial charge on any atom is -0.316 e. The Morgan fingerprint density at radius 1 is 1.17 bits per heavy atom. The monoisotopic (exact) mass is 255 g/mol. The molecule has 1 aliphatic heterocycles. The lowest BCUT2D eigenvalue weighted by Gasteiger charge is -2.38. The average Bonchev–Trinajstić information content (AvgIpc) is 2.76. The fraction of sp³-hybridized carbons (Fsp3) is 1.00. The molecule has 0 aromatic rings. The first-order valence-electron chi connectivity index (χ1n) is 7.58. The van der Waals surface area contributed by atoms with Crippen molar-refractivity contribution in [2.45, 2.75) is 33.6 Å². The summed E-state index contributed by atoms with van der Waals surface area (Å²) in [5.41, 5.74) is 0.501. The Morgan fingerprint density at radius 3 is 2.33 bits per heavy atom. The van der Waals surface area contributed by atoms with Gasteiger partial charge in [0.05, 0.1) is 0 Å². The third-order valence-electron chi connectivity index (χ3n) is 4.44. The third-order valence-corrected chi connectivity index (χ3v) is 4.44. The van der Waals surface area contributed by atoms with E-state index in [1.807, 2.05) is 0 Å². The molecule has 18 heavy (non-hydrogen) atoms. The molecule has 1 fully saturated rings. The van der Waals surface area contributed by atoms with Crippen LogP contribution in [-0.4, -0.2) is 63.2 Å². The van der Waals surface area contributed by atoms with Crippen molar-refractivity contribution in [1.82, 2.24) is 15.1 Å². The lowest BCUT2D eigenvalue weighted by atomic mass is 9.76. The van der Waals surface area contributed by atoms with E-state index in [9.17, 15) is 0 Å². The molecule has 1 heterocycles. The summed E-state index contributed by atoms with van der Waals surface area (Å²) in [4.78, 5) is 4.96. The molecule has 0 aliphatic carbocycles. The van der Waals surface area contributed by atoms with Crippen LogP contribution in [0, 0.1) is 11.3 Å². The molecule has 1 aliphatic rings. The minimum atomic E-state index is 0.501. The highest BCUT2D eigenvalue weighted by atomic mass is 15.2. The predicted octanol–water partition coefficient (Wildman–Crippen LogP) is 1.90. The maximum absolute atomic E-state index is 3.57. The molecule has 0 aromatic heterocycles. The summed E-state index contributed by atoms with van der Waals surface area (Å²) < 4.78 is 0. The van der Waals surface area contributed by atoms with Crippen molar-refractivity contribution in [3.05, 3.63) is 0 Å². The molecule has 0 saturated carbocycles. The van der Waals surface area contributed by atoms with Gasteiger partial charge in [-0.25, -0.2) is 0 Å². The summed E-state index contributed by atoms with van der Waals surface area (Å²) in [5, 5.41) is 3.57. The van der Waals surface area contributed by atoms with Gasteiger partial charge in [0.1, 0.15) is 0 Å². The smallest absolute Gasteiger partial charge is 0.0109 e. The van der Waals surface area contributed by atoms with Crippen molar-refractivity contribution < 1.29 is 0 Å². The van der Waals surface area contributed by atoms with Gasteiger partial charge >= 0.3 is 0 Å². The van der Waals surface area contributed by atoms with Crippen molar-refractivity contribution in [3.8, 4) is 0 Å². The number of nitrogens with one attached hydrogen (secondary N) is 1. The molecule has 1 unspecified atom stereocenters. The van der Waals surface area contributed by atoms with Crippen molar-refractivity contribution >= 4 is 0 Å². The van der Waals surface area contributed by atoms with Crippen LogP contribution >= 0.6 is 0 Å². The van der Waals surface area contributed by atoms with Gasteiger partial charge in [-0.2, -0.15) is 0 Å². The van der Waals surface area contributed by atoms with Crippen LogP contribution in [0.25, 0.3) is 0 Å². The average molecular weight is 255 g/mol. The van der Waals surface area contributed by atoms with Crippen LogP contribution in [0.15, 0.2) is 0 Å². The molecule has 0 amide bonds. The summed E-state index contributed by atoms with van der Waals surface area (Å²) in [7, 11) is 4.33. The van der Waals surface area contributed by atoms with Crippen LogP contribution in [0.1, 0.15) is 33.6 Å². The van der Waals surface area contributed by atoms with Crippen molar-refractivity contribution in [3.63, 3.8) is 0 Å². The van der Waals surface area contributed by atoms with Gasteiger partial charge in [-0.3, -0.25) is 0 Å². The first-order chi connectivity index (χ1) is 8.50. The highest BCUT2D eigenvalue weighted by Crippen LogP contribution is 2.34. The summed E-state index contributed by atoms with van der Waals surface area (Å²) >= 11 is 0. The van der Waals surface area contributed by atoms with Gasteiger partial charge in [0.2, 0.25) is 0 Å². The standard InChI is InChI=1S/C15H33N3/c1-6-9-18(11-10-17(4)5)13-15(14(2)3)7-8-16-12-15/h14,16H,6-13H2,1-5H3. The Kier molecular flexibility index (Phi) is 6.61. The molecule has 1 rings (SSSR count). The first-order valence-corrected chi connectivity index (χ1v) is 7.58. The quantitative estimate of drug-likeness (QED) is 0.714. The molecule has 0 bridgehead atoms. The fourth-order valence-electron chi connectivity index (χ4n) is 2.95. The van der Waals surface area contributed by atoms with Crippen molar-refractivity contribution in [1.29, 1.82) is 0 Å². The molecule has 108 valence electrons. The molecule has 3 heteroatoms. The largest absolute Gasteiger partial charge is 0.316 e. The van der Waals surface area contributed by atoms with Crippen LogP contribution in [0.4, 0.5) is 0 Å². The van der Waals surface area contributed by atoms with Gasteiger partial charge < -0.3 is 15.1 Å². The molecule has 1 saturated heterocycles. The number of nitrogens with zero attached hydrogens (tertiary/aromatic N) is 2. The van der Waals surface area contributed by atoms with Gasteiger partial charge in [-0.05, 0) is 51.4 Å². The molecule has 1 atom stereocenters. The second kappa shape index (κ2) is 7.46. The Hall–Kier alpha value is -0.120. The van der Waals surface area contributed by atoms with E-state index in [1.165, 1.54) is 52.1 Å². The molecule has 3 nitrogen and oxygen atoms in total. The molecule has 1 N–H and O–H groups in total. The summed E-state index contributed by atoms with van der Waals surface area (Å²) in [6.45, 7) is 14.3. The number of hydrogen-bond donors (Lipinski definition) is 1. The zero-order chi connectivity index (χ0) is 13.6. The Morgan fingerprint density at radius 2 is 1.89 bits per heavy atom. The molecular formula is C15H33N3. The maximum Gasteiger partial charge on any atom is 0.0109 e. The normalized spacial score (nSPS) is 24.7. The van der Waals surface area contributed by atoms with E-state index >= 15 is 0 Å². The lowest BCUT2D eigenvalue weighted by Crippen LogP contribution is -2.45. The fourth-order valence-corrected chi connectivity index (χ4v) is 2.95. The highest BCUT2D eigenvalue weighted by Gasteiger charge is 2.38. The van der Waals surface area contributed by atoms with E-state index in [2.05, 4.69) is 50.0 Å². The molecular weight excluding hydrogens is 222 g/mol. The Balaban J connectivity index is 2.56. The van der Waals surface area contributed by atoms with Gasteiger partial charge in [-0.1, -0.05) is 20.8 Å². The number of rotatable bonds is 8. The highest BCUT2D eigenvalue weighted by molar-refractivity contribution is 4.92. The van der Waals surface area contributed by atoms with Crippen LogP contribution in [0.3, 0.4) is 0 Å². The van der Waals surface area contributed by atoms with Gasteiger partial charge in [-0.15, -0.1) is 0 Å². The van der Waals surface area contributed by atoms with Crippen LogP contribution in [-0.2, 0) is 0 Å². The van der Waals surface area contributed by atoms with Gasteiger partial charge in [0, 0.05) is 26.2 Å². The van der Waals surface area contributed by atoms with Crippen LogP contribution < -0.4 is 5.32 Å². The van der Waals surface area contributed by atoms with E-state index in [-0.39, 0.29) is 0 Å². The van der Waals surface area contributed by atoms with E-state index in [1.54, 1.807) is 0 Å². The lowest BCUT2D eigenvalue weighted by molar-refractivity contribution is 0.111. The zero-order valence-electron chi connectivity index (χ0n) is 13.1. The minimum absolute atomic E-state index is 0.501. The SMILES string of the molecule is CCCN(CCN(C)C)CC1(C(C)C)CCNC1. The van der Waals surface area contributed by atoms with E-state index in [0.29, 0.717) is 5.41 Å². The Labute approximate surface area is 114 Å². The van der Waals surface area contributed by atoms with Crippen LogP contribution in [0.5, 0.6) is 0 Å². The third kappa shape index (κ3) is 4.52. The topological polar surface area (TPSA) is 18.5 Å². The maximum atomic E-state index is 3.57. The number of hydrogen-bond acceptors (Lipinski definition) is 3. The van der Waals surface area contributed by atoms with E-state index in [0.717, 1.165) is 5.92 Å². The number of likely N-dealkylation sites (N-methyl/N-ethyl adjacent to an activating group) is 1. The summed E-state index contributed by atoms with van der Waals surface area (Å²) in [6.07, 6.45) is 2.60. The van der Waals surface area contributed by atoms with E-state index < -0.39 is 0 Å². The van der Waals surface area contributed by atoms with Crippen LogP contribution in [0.2, 0.25) is 0 Å². The van der Waals surface area contributed by atoms with E-state index in [4.69, 9.17) is 0 Å². The first kappa shape index (κ1) is 15.9. The molecule has 0 spiro atoms. The molecule has 0 aromatic carbocycles. The van der Waals surface area contributed by atoms with Crippen molar-refractivity contribution in [2.75, 3.05) is 53.4 Å². The second-order valence-electron chi connectivity index (χ2n) is 6.52. The molecule has 0 radical (unpaired) electrons. The van der Waals surface area contributed by atoms with Gasteiger partial charge in [0.15, 0.2) is 0 Å². The predicted molar refractivity (Wildman–Crippen MR) is 80.0 cm³/mol. The second-order valence-corrected chi connectivity index (χ2v) is 6.52. The van der Waals surface area contributed by atoms with Gasteiger partial charge in [0.25, 0.3) is 0 Å². The summed E-state index contributed by atoms with van der Waals surface area (Å²) in [6, 6.07) is 0. The Bertz CT molecular complexity index is 220. The zero-order valence-corrected chi connectivity index (χ0v) is 13.1. The van der Waals surface area contributed by atoms with Crippen molar-refractivity contribution in [2.24, 2.45) is 11.3 Å². The summed E-state index contributed by atoms with van der Waals surface area (Å²) in [5.74, 6) is 0.770.